The van der Waals surface area contributed by atoms with Crippen molar-refractivity contribution in [1.82, 2.24) is 4.57 Å². The summed E-state index contributed by atoms with van der Waals surface area (Å²) in [5.74, 6) is 0.131. The van der Waals surface area contributed by atoms with Crippen LogP contribution in [0.15, 0.2) is 127 Å². The van der Waals surface area contributed by atoms with E-state index in [0.717, 1.165) is 33.5 Å². The number of Topliss-reactive ketones (excluding diaryl/α,β-unsaturated/α-hetero) is 1. The van der Waals surface area contributed by atoms with Crippen molar-refractivity contribution in [2.75, 3.05) is 0 Å². The second kappa shape index (κ2) is 8.49. The summed E-state index contributed by atoms with van der Waals surface area (Å²) in [6, 6.07) is 43.3. The van der Waals surface area contributed by atoms with Crippen LogP contribution in [-0.4, -0.2) is 10.4 Å². The molecule has 0 amide bonds. The van der Waals surface area contributed by atoms with Gasteiger partial charge in [0.1, 0.15) is 0 Å². The van der Waals surface area contributed by atoms with E-state index in [2.05, 4.69) is 89.5 Å². The van der Waals surface area contributed by atoms with Crippen LogP contribution in [0.3, 0.4) is 0 Å². The van der Waals surface area contributed by atoms with Crippen LogP contribution in [0.4, 0.5) is 0 Å². The van der Waals surface area contributed by atoms with Crippen molar-refractivity contribution in [2.45, 2.75) is 6.42 Å². The zero-order valence-corrected chi connectivity index (χ0v) is 18.7. The highest BCUT2D eigenvalue weighted by molar-refractivity contribution is 6.16. The molecule has 0 N–H and O–H groups in total. The molecule has 2 nitrogen and oxygen atoms in total. The van der Waals surface area contributed by atoms with E-state index in [9.17, 15) is 4.79 Å². The summed E-state index contributed by atoms with van der Waals surface area (Å²) in [5.41, 5.74) is 7.52. The molecular weight excluding hydrogens is 414 g/mol. The Morgan fingerprint density at radius 1 is 0.559 bits per heavy atom. The van der Waals surface area contributed by atoms with Crippen LogP contribution in [0.25, 0.3) is 38.6 Å². The lowest BCUT2D eigenvalue weighted by atomic mass is 9.92. The van der Waals surface area contributed by atoms with Gasteiger partial charge < -0.3 is 4.57 Å². The van der Waals surface area contributed by atoms with E-state index in [4.69, 9.17) is 0 Å². The van der Waals surface area contributed by atoms with Gasteiger partial charge in [-0.15, -0.1) is 0 Å². The molecule has 0 atom stereocenters. The highest BCUT2D eigenvalue weighted by Crippen LogP contribution is 2.39. The Labute approximate surface area is 198 Å². The molecule has 2 heteroatoms. The molecule has 0 bridgehead atoms. The molecule has 0 saturated carbocycles. The van der Waals surface area contributed by atoms with E-state index < -0.39 is 0 Å². The summed E-state index contributed by atoms with van der Waals surface area (Å²) in [4.78, 5) is 13.1. The molecule has 0 unspecified atom stereocenters. The number of hydrogen-bond acceptors (Lipinski definition) is 1. The number of hydrogen-bond donors (Lipinski definition) is 0. The summed E-state index contributed by atoms with van der Waals surface area (Å²) >= 11 is 0. The molecule has 0 saturated heterocycles. The molecule has 1 heterocycles. The smallest absolute Gasteiger partial charge is 0.167 e. The number of carbonyl (C=O) groups is 1. The molecule has 0 aliphatic carbocycles. The van der Waals surface area contributed by atoms with E-state index in [0.29, 0.717) is 6.42 Å². The number of para-hydroxylation sites is 2. The van der Waals surface area contributed by atoms with Crippen molar-refractivity contribution in [2.24, 2.45) is 0 Å². The van der Waals surface area contributed by atoms with Crippen molar-refractivity contribution in [3.63, 3.8) is 0 Å². The predicted molar refractivity (Wildman–Crippen MR) is 141 cm³/mol. The van der Waals surface area contributed by atoms with Gasteiger partial charge in [-0.1, -0.05) is 103 Å². The fraction of sp³-hybridized carbons (Fsp3) is 0.0312. The molecule has 0 aliphatic heterocycles. The van der Waals surface area contributed by atoms with Gasteiger partial charge in [0.05, 0.1) is 11.0 Å². The topological polar surface area (TPSA) is 22.0 Å². The van der Waals surface area contributed by atoms with Gasteiger partial charge >= 0.3 is 0 Å². The van der Waals surface area contributed by atoms with E-state index in [1.165, 1.54) is 16.3 Å². The Morgan fingerprint density at radius 2 is 1.18 bits per heavy atom. The molecule has 34 heavy (non-hydrogen) atoms. The minimum atomic E-state index is 0.131. The number of fused-ring (bicyclic) bond motifs is 3. The Hall–Kier alpha value is -4.43. The quantitative estimate of drug-likeness (QED) is 0.251. The minimum Gasteiger partial charge on any atom is -0.309 e. The fourth-order valence-corrected chi connectivity index (χ4v) is 4.94. The number of carbonyl (C=O) groups excluding carboxylic acids is 1. The average Bonchev–Trinajstić information content (AvgIpc) is 3.25. The lowest BCUT2D eigenvalue weighted by molar-refractivity contribution is 0.0993. The highest BCUT2D eigenvalue weighted by Gasteiger charge is 2.18. The zero-order valence-electron chi connectivity index (χ0n) is 18.7. The lowest BCUT2D eigenvalue weighted by Crippen LogP contribution is -2.04. The average molecular weight is 438 g/mol. The second-order valence-corrected chi connectivity index (χ2v) is 8.51. The molecule has 0 fully saturated rings. The first-order valence-electron chi connectivity index (χ1n) is 11.6. The maximum absolute atomic E-state index is 13.1. The Kier molecular flexibility index (Phi) is 5.04. The molecule has 0 radical (unpaired) electrons. The summed E-state index contributed by atoms with van der Waals surface area (Å²) in [6.45, 7) is 0. The number of aromatic nitrogens is 1. The van der Waals surface area contributed by atoms with E-state index in [1.807, 2.05) is 42.5 Å². The first-order valence-corrected chi connectivity index (χ1v) is 11.6. The van der Waals surface area contributed by atoms with Gasteiger partial charge in [0.15, 0.2) is 5.78 Å². The van der Waals surface area contributed by atoms with Gasteiger partial charge in [-0.3, -0.25) is 4.79 Å². The molecule has 0 aliphatic rings. The molecule has 162 valence electrons. The van der Waals surface area contributed by atoms with E-state index in [1.54, 1.807) is 0 Å². The Morgan fingerprint density at radius 3 is 2.00 bits per heavy atom. The molecule has 1 aromatic heterocycles. The van der Waals surface area contributed by atoms with Gasteiger partial charge in [0, 0.05) is 28.4 Å². The zero-order chi connectivity index (χ0) is 22.9. The maximum atomic E-state index is 13.1. The van der Waals surface area contributed by atoms with Crippen LogP contribution in [0.1, 0.15) is 15.9 Å². The fourth-order valence-electron chi connectivity index (χ4n) is 4.94. The Bertz CT molecular complexity index is 1630. The summed E-state index contributed by atoms with van der Waals surface area (Å²) in [6.07, 6.45) is 0.369. The van der Waals surface area contributed by atoms with Gasteiger partial charge in [-0.2, -0.15) is 0 Å². The third-order valence-corrected chi connectivity index (χ3v) is 6.47. The van der Waals surface area contributed by atoms with Gasteiger partial charge in [-0.25, -0.2) is 0 Å². The number of benzene rings is 5. The number of nitrogens with zero attached hydrogens (tertiary/aromatic N) is 1. The minimum absolute atomic E-state index is 0.131. The molecule has 6 rings (SSSR count). The first-order chi connectivity index (χ1) is 16.8. The molecule has 5 aromatic carbocycles. The van der Waals surface area contributed by atoms with Crippen molar-refractivity contribution in [3.05, 3.63) is 139 Å². The summed E-state index contributed by atoms with van der Waals surface area (Å²) in [5, 5.41) is 2.42. The number of ketones is 1. The molecule has 6 aromatic rings. The lowest BCUT2D eigenvalue weighted by Gasteiger charge is -2.12. The number of rotatable bonds is 5. The standard InChI is InChI=1S/C32H23NO/c34-31(23-12-3-1-4-13-23)22-24-14-7-8-17-26(24)27-19-11-21-30-32(27)28-18-9-10-20-29(28)33(30)25-15-5-2-6-16-25/h1-21H,22H2. The SMILES string of the molecule is O=C(Cc1ccccc1-c1cccc2c1c1ccccc1n2-c1ccccc1)c1ccccc1. The third-order valence-electron chi connectivity index (χ3n) is 6.47. The van der Waals surface area contributed by atoms with Gasteiger partial charge in [0.25, 0.3) is 0 Å². The molecular formula is C32H23NO. The van der Waals surface area contributed by atoms with Crippen LogP contribution in [0.5, 0.6) is 0 Å². The van der Waals surface area contributed by atoms with Gasteiger partial charge in [-0.05, 0) is 41.0 Å². The van der Waals surface area contributed by atoms with Gasteiger partial charge in [0.2, 0.25) is 0 Å². The summed E-state index contributed by atoms with van der Waals surface area (Å²) in [7, 11) is 0. The van der Waals surface area contributed by atoms with Crippen LogP contribution in [-0.2, 0) is 6.42 Å². The second-order valence-electron chi connectivity index (χ2n) is 8.51. The molecule has 0 spiro atoms. The highest BCUT2D eigenvalue weighted by atomic mass is 16.1. The van der Waals surface area contributed by atoms with Crippen LogP contribution in [0, 0.1) is 0 Å². The predicted octanol–water partition coefficient (Wildman–Crippen LogP) is 7.88. The first kappa shape index (κ1) is 20.2. The van der Waals surface area contributed by atoms with Crippen molar-refractivity contribution < 1.29 is 4.79 Å². The van der Waals surface area contributed by atoms with Crippen molar-refractivity contribution in [1.29, 1.82) is 0 Å². The van der Waals surface area contributed by atoms with Crippen LogP contribution in [0.2, 0.25) is 0 Å². The largest absolute Gasteiger partial charge is 0.309 e. The normalized spacial score (nSPS) is 11.2. The monoisotopic (exact) mass is 437 g/mol. The van der Waals surface area contributed by atoms with E-state index in [-0.39, 0.29) is 5.78 Å². The Balaban J connectivity index is 1.57. The third kappa shape index (κ3) is 3.41. The van der Waals surface area contributed by atoms with Crippen LogP contribution >= 0.6 is 0 Å². The maximum Gasteiger partial charge on any atom is 0.167 e. The van der Waals surface area contributed by atoms with Crippen molar-refractivity contribution in [3.8, 4) is 16.8 Å². The summed E-state index contributed by atoms with van der Waals surface area (Å²) < 4.78 is 2.33. The van der Waals surface area contributed by atoms with Crippen molar-refractivity contribution >= 4 is 27.6 Å². The van der Waals surface area contributed by atoms with E-state index >= 15 is 0 Å². The van der Waals surface area contributed by atoms with Crippen LogP contribution < -0.4 is 0 Å².